The molecule has 0 saturated carbocycles. The van der Waals surface area contributed by atoms with Crippen LogP contribution in [-0.4, -0.2) is 17.1 Å². The molecule has 1 aromatic heterocycles. The number of aryl methyl sites for hydroxylation is 3. The third kappa shape index (κ3) is 3.72. The normalized spacial score (nSPS) is 10.8. The molecule has 3 heteroatoms. The van der Waals surface area contributed by atoms with E-state index in [1.807, 2.05) is 24.6 Å². The van der Waals surface area contributed by atoms with E-state index in [-0.39, 0.29) is 5.97 Å². The minimum Gasteiger partial charge on any atom is -0.461 e. The van der Waals surface area contributed by atoms with E-state index in [0.717, 1.165) is 22.3 Å². The summed E-state index contributed by atoms with van der Waals surface area (Å²) in [4.78, 5) is 12.7. The van der Waals surface area contributed by atoms with Crippen LogP contribution in [0.5, 0.6) is 0 Å². The van der Waals surface area contributed by atoms with Crippen molar-refractivity contribution < 1.29 is 9.53 Å². The van der Waals surface area contributed by atoms with Crippen LogP contribution in [-0.2, 0) is 11.3 Å². The number of carbonyl (C=O) groups is 1. The fourth-order valence-corrected chi connectivity index (χ4v) is 3.21. The number of nitrogens with zero attached hydrogens (tertiary/aromatic N) is 1. The fraction of sp³-hybridized carbons (Fsp3) is 0.261. The molecule has 0 radical (unpaired) electrons. The van der Waals surface area contributed by atoms with Gasteiger partial charge in [-0.3, -0.25) is 0 Å². The molecule has 3 nitrogen and oxygen atoms in total. The quantitative estimate of drug-likeness (QED) is 0.586. The van der Waals surface area contributed by atoms with Crippen molar-refractivity contribution in [2.75, 3.05) is 6.61 Å². The van der Waals surface area contributed by atoms with Crippen molar-refractivity contribution in [3.8, 4) is 11.1 Å². The summed E-state index contributed by atoms with van der Waals surface area (Å²) in [5, 5.41) is 0. The number of ether oxygens (including phenoxy) is 1. The summed E-state index contributed by atoms with van der Waals surface area (Å²) < 4.78 is 7.37. The summed E-state index contributed by atoms with van der Waals surface area (Å²) in [6, 6.07) is 16.7. The lowest BCUT2D eigenvalue weighted by Crippen LogP contribution is -2.13. The third-order valence-electron chi connectivity index (χ3n) is 4.55. The summed E-state index contributed by atoms with van der Waals surface area (Å²) in [7, 11) is 0. The molecule has 0 unspecified atom stereocenters. The second-order valence-electron chi connectivity index (χ2n) is 6.74. The summed E-state index contributed by atoms with van der Waals surface area (Å²) in [6.07, 6.45) is 2.04. The molecule has 0 bridgehead atoms. The van der Waals surface area contributed by atoms with Gasteiger partial charge in [0.05, 0.1) is 6.61 Å². The number of benzene rings is 2. The predicted octanol–water partition coefficient (Wildman–Crippen LogP) is 5.31. The molecule has 0 N–H and O–H groups in total. The Bertz CT molecular complexity index is 903. The maximum absolute atomic E-state index is 12.7. The average Bonchev–Trinajstić information content (AvgIpc) is 2.94. The van der Waals surface area contributed by atoms with E-state index in [0.29, 0.717) is 18.8 Å². The minimum atomic E-state index is -0.275. The van der Waals surface area contributed by atoms with Gasteiger partial charge in [0, 0.05) is 18.3 Å². The molecular weight excluding hydrogens is 322 g/mol. The average molecular weight is 347 g/mol. The Labute approximate surface area is 155 Å². The van der Waals surface area contributed by atoms with Gasteiger partial charge in [-0.05, 0) is 44.4 Å². The Balaban J connectivity index is 2.09. The van der Waals surface area contributed by atoms with Gasteiger partial charge in [-0.25, -0.2) is 4.79 Å². The van der Waals surface area contributed by atoms with Gasteiger partial charge in [0.1, 0.15) is 5.69 Å². The van der Waals surface area contributed by atoms with Crippen LogP contribution < -0.4 is 0 Å². The molecule has 0 saturated heterocycles. The van der Waals surface area contributed by atoms with Gasteiger partial charge in [-0.2, -0.15) is 0 Å². The monoisotopic (exact) mass is 347 g/mol. The van der Waals surface area contributed by atoms with E-state index in [4.69, 9.17) is 4.74 Å². The first-order chi connectivity index (χ1) is 12.5. The van der Waals surface area contributed by atoms with Crippen molar-refractivity contribution >= 4 is 5.97 Å². The van der Waals surface area contributed by atoms with Crippen molar-refractivity contribution in [3.63, 3.8) is 0 Å². The van der Waals surface area contributed by atoms with Gasteiger partial charge in [-0.15, -0.1) is 0 Å². The molecule has 3 aromatic rings. The third-order valence-corrected chi connectivity index (χ3v) is 4.55. The molecule has 26 heavy (non-hydrogen) atoms. The van der Waals surface area contributed by atoms with Crippen molar-refractivity contribution in [2.24, 2.45) is 0 Å². The smallest absolute Gasteiger partial charge is 0.355 e. The van der Waals surface area contributed by atoms with Crippen LogP contribution in [0.15, 0.2) is 54.7 Å². The predicted molar refractivity (Wildman–Crippen MR) is 106 cm³/mol. The molecule has 0 atom stereocenters. The number of hydrogen-bond donors (Lipinski definition) is 0. The Morgan fingerprint density at radius 1 is 0.923 bits per heavy atom. The Kier molecular flexibility index (Phi) is 5.27. The molecule has 0 spiro atoms. The number of carbonyl (C=O) groups excluding carboxylic acids is 1. The summed E-state index contributed by atoms with van der Waals surface area (Å²) in [5.41, 5.74) is 7.27. The highest BCUT2D eigenvalue weighted by Gasteiger charge is 2.22. The lowest BCUT2D eigenvalue weighted by atomic mass is 10.0. The van der Waals surface area contributed by atoms with Crippen molar-refractivity contribution in [1.82, 2.24) is 4.57 Å². The van der Waals surface area contributed by atoms with Crippen LogP contribution in [0.25, 0.3) is 11.1 Å². The number of rotatable bonds is 5. The summed E-state index contributed by atoms with van der Waals surface area (Å²) >= 11 is 0. The zero-order valence-corrected chi connectivity index (χ0v) is 15.9. The topological polar surface area (TPSA) is 31.2 Å². The van der Waals surface area contributed by atoms with Crippen LogP contribution in [0, 0.1) is 20.8 Å². The van der Waals surface area contributed by atoms with Crippen molar-refractivity contribution in [3.05, 3.63) is 82.7 Å². The summed E-state index contributed by atoms with van der Waals surface area (Å²) in [6.45, 7) is 9.02. The molecular formula is C23H25NO2. The lowest BCUT2D eigenvalue weighted by Gasteiger charge is -2.12. The van der Waals surface area contributed by atoms with Gasteiger partial charge in [-0.1, -0.05) is 59.7 Å². The molecule has 0 fully saturated rings. The molecule has 1 heterocycles. The maximum Gasteiger partial charge on any atom is 0.355 e. The van der Waals surface area contributed by atoms with Crippen LogP contribution in [0.4, 0.5) is 0 Å². The van der Waals surface area contributed by atoms with Gasteiger partial charge < -0.3 is 9.30 Å². The molecule has 3 rings (SSSR count). The molecule has 0 amide bonds. The molecule has 134 valence electrons. The van der Waals surface area contributed by atoms with Gasteiger partial charge in [0.15, 0.2) is 0 Å². The highest BCUT2D eigenvalue weighted by molar-refractivity contribution is 5.97. The zero-order chi connectivity index (χ0) is 18.7. The van der Waals surface area contributed by atoms with Crippen molar-refractivity contribution in [1.29, 1.82) is 0 Å². The van der Waals surface area contributed by atoms with Crippen LogP contribution in [0.3, 0.4) is 0 Å². The second-order valence-corrected chi connectivity index (χ2v) is 6.74. The van der Waals surface area contributed by atoms with E-state index in [1.165, 1.54) is 11.1 Å². The van der Waals surface area contributed by atoms with Gasteiger partial charge in [0.25, 0.3) is 0 Å². The molecule has 2 aromatic carbocycles. The number of esters is 1. The first-order valence-electron chi connectivity index (χ1n) is 8.99. The van der Waals surface area contributed by atoms with E-state index < -0.39 is 0 Å². The van der Waals surface area contributed by atoms with E-state index in [9.17, 15) is 4.79 Å². The van der Waals surface area contributed by atoms with Gasteiger partial charge >= 0.3 is 5.97 Å². The van der Waals surface area contributed by atoms with E-state index >= 15 is 0 Å². The Hall–Kier alpha value is -2.81. The van der Waals surface area contributed by atoms with Crippen LogP contribution in [0.1, 0.15) is 39.7 Å². The largest absolute Gasteiger partial charge is 0.461 e. The van der Waals surface area contributed by atoms with E-state index in [1.54, 1.807) is 0 Å². The number of hydrogen-bond acceptors (Lipinski definition) is 2. The molecule has 0 aliphatic heterocycles. The Morgan fingerprint density at radius 2 is 1.50 bits per heavy atom. The SMILES string of the molecule is CCOC(=O)c1c(-c2ccc(C)cc2)c(C)cn1Cc1ccc(C)cc1. The Morgan fingerprint density at radius 3 is 2.08 bits per heavy atom. The van der Waals surface area contributed by atoms with Crippen molar-refractivity contribution in [2.45, 2.75) is 34.2 Å². The maximum atomic E-state index is 12.7. The van der Waals surface area contributed by atoms with Gasteiger partial charge in [0.2, 0.25) is 0 Å². The molecule has 0 aliphatic carbocycles. The zero-order valence-electron chi connectivity index (χ0n) is 15.9. The second kappa shape index (κ2) is 7.61. The molecule has 0 aliphatic rings. The first-order valence-corrected chi connectivity index (χ1v) is 8.99. The standard InChI is InChI=1S/C23H25NO2/c1-5-26-23(25)22-21(20-12-8-17(3)9-13-20)18(4)14-24(22)15-19-10-6-16(2)7-11-19/h6-14H,5,15H2,1-4H3. The fourth-order valence-electron chi connectivity index (χ4n) is 3.21. The van der Waals surface area contributed by atoms with Crippen LogP contribution >= 0.6 is 0 Å². The highest BCUT2D eigenvalue weighted by atomic mass is 16.5. The first kappa shape index (κ1) is 18.0. The highest BCUT2D eigenvalue weighted by Crippen LogP contribution is 2.31. The minimum absolute atomic E-state index is 0.275. The van der Waals surface area contributed by atoms with E-state index in [2.05, 4.69) is 62.4 Å². The lowest BCUT2D eigenvalue weighted by molar-refractivity contribution is 0.0515. The number of aromatic nitrogens is 1. The van der Waals surface area contributed by atoms with Crippen LogP contribution in [0.2, 0.25) is 0 Å². The summed E-state index contributed by atoms with van der Waals surface area (Å²) in [5.74, 6) is -0.275.